The van der Waals surface area contributed by atoms with E-state index >= 15 is 0 Å². The van der Waals surface area contributed by atoms with E-state index < -0.39 is 24.0 Å². The summed E-state index contributed by atoms with van der Waals surface area (Å²) in [5.41, 5.74) is 3.29. The maximum Gasteiger partial charge on any atom is 0.387 e. The van der Waals surface area contributed by atoms with Crippen LogP contribution in [0.1, 0.15) is 31.7 Å². The zero-order chi connectivity index (χ0) is 20.8. The fraction of sp³-hybridized carbons (Fsp3) is 0.250. The van der Waals surface area contributed by atoms with Gasteiger partial charge in [-0.25, -0.2) is 8.78 Å². The summed E-state index contributed by atoms with van der Waals surface area (Å²) in [7, 11) is 0. The lowest BCUT2D eigenvalue weighted by Crippen LogP contribution is -2.03. The number of hydrogen-bond donors (Lipinski definition) is 0. The van der Waals surface area contributed by atoms with Gasteiger partial charge in [-0.05, 0) is 53.3 Å². The fourth-order valence-corrected chi connectivity index (χ4v) is 3.23. The van der Waals surface area contributed by atoms with Crippen LogP contribution < -0.4 is 4.74 Å². The molecule has 0 bridgehead atoms. The molecule has 0 aliphatic carbocycles. The number of alkyl halides is 2. The molecule has 5 heteroatoms. The quantitative estimate of drug-likeness (QED) is 0.278. The summed E-state index contributed by atoms with van der Waals surface area (Å²) in [5.74, 6) is -2.05. The second kappa shape index (κ2) is 9.59. The highest BCUT2D eigenvalue weighted by atomic mass is 19.3. The van der Waals surface area contributed by atoms with Crippen molar-refractivity contribution in [1.29, 1.82) is 0 Å². The Bertz CT molecular complexity index is 952. The molecule has 0 atom stereocenters. The van der Waals surface area contributed by atoms with Crippen molar-refractivity contribution in [3.63, 3.8) is 0 Å². The van der Waals surface area contributed by atoms with Crippen LogP contribution >= 0.6 is 0 Å². The number of hydrogen-bond acceptors (Lipinski definition) is 1. The summed E-state index contributed by atoms with van der Waals surface area (Å²) in [6.07, 6.45) is 4.55. The summed E-state index contributed by atoms with van der Waals surface area (Å²) in [5, 5.41) is 0. The first-order valence-corrected chi connectivity index (χ1v) is 9.61. The Balaban J connectivity index is 1.79. The Morgan fingerprint density at radius 1 is 0.759 bits per heavy atom. The molecule has 3 aromatic carbocycles. The normalized spacial score (nSPS) is 11.1. The number of unbranched alkanes of at least 4 members (excludes halogenated alkanes) is 2. The van der Waals surface area contributed by atoms with Crippen molar-refractivity contribution < 1.29 is 22.3 Å². The number of halogens is 4. The third kappa shape index (κ3) is 5.37. The van der Waals surface area contributed by atoms with Crippen LogP contribution in [0.4, 0.5) is 17.6 Å². The van der Waals surface area contributed by atoms with Gasteiger partial charge < -0.3 is 4.74 Å². The molecule has 0 aliphatic heterocycles. The molecule has 3 aromatic rings. The predicted octanol–water partition coefficient (Wildman–Crippen LogP) is 7.63. The van der Waals surface area contributed by atoms with Gasteiger partial charge in [-0.2, -0.15) is 8.78 Å². The standard InChI is InChI=1S/C24H22F4O/c1-2-3-4-5-16-6-8-17(9-7-16)18-10-12-20(21(25)14-18)19-11-13-23(22(26)15-19)29-24(27)28/h6-15,24H,2-5H2,1H3. The fourth-order valence-electron chi connectivity index (χ4n) is 3.23. The molecule has 0 aliphatic rings. The molecule has 0 saturated heterocycles. The van der Waals surface area contributed by atoms with Crippen LogP contribution in [0.15, 0.2) is 60.7 Å². The van der Waals surface area contributed by atoms with Gasteiger partial charge in [0.25, 0.3) is 0 Å². The Morgan fingerprint density at radius 2 is 1.41 bits per heavy atom. The van der Waals surface area contributed by atoms with Crippen molar-refractivity contribution in [3.8, 4) is 28.0 Å². The van der Waals surface area contributed by atoms with E-state index in [1.54, 1.807) is 12.1 Å². The first kappa shape index (κ1) is 20.9. The minimum Gasteiger partial charge on any atom is -0.432 e. The molecular formula is C24H22F4O. The molecule has 3 rings (SSSR count). The Labute approximate surface area is 168 Å². The molecule has 0 unspecified atom stereocenters. The monoisotopic (exact) mass is 402 g/mol. The van der Waals surface area contributed by atoms with Crippen LogP contribution in [0.25, 0.3) is 22.3 Å². The Morgan fingerprint density at radius 3 is 2.03 bits per heavy atom. The molecule has 0 aromatic heterocycles. The first-order valence-electron chi connectivity index (χ1n) is 9.61. The van der Waals surface area contributed by atoms with Crippen molar-refractivity contribution in [1.82, 2.24) is 0 Å². The van der Waals surface area contributed by atoms with Gasteiger partial charge in [-0.1, -0.05) is 62.2 Å². The SMILES string of the molecule is CCCCCc1ccc(-c2ccc(-c3ccc(OC(F)F)c(F)c3)c(F)c2)cc1. The van der Waals surface area contributed by atoms with E-state index in [1.165, 1.54) is 30.5 Å². The van der Waals surface area contributed by atoms with Crippen LogP contribution in [0.5, 0.6) is 5.75 Å². The van der Waals surface area contributed by atoms with Gasteiger partial charge in [0.15, 0.2) is 11.6 Å². The second-order valence-electron chi connectivity index (χ2n) is 6.87. The van der Waals surface area contributed by atoms with Gasteiger partial charge in [0, 0.05) is 5.56 Å². The minimum absolute atomic E-state index is 0.187. The van der Waals surface area contributed by atoms with E-state index in [4.69, 9.17) is 0 Å². The molecule has 152 valence electrons. The van der Waals surface area contributed by atoms with Crippen LogP contribution in [0, 0.1) is 11.6 Å². The lowest BCUT2D eigenvalue weighted by molar-refractivity contribution is -0.0521. The van der Waals surface area contributed by atoms with Gasteiger partial charge in [0.2, 0.25) is 0 Å². The molecular weight excluding hydrogens is 380 g/mol. The third-order valence-corrected chi connectivity index (χ3v) is 4.78. The first-order chi connectivity index (χ1) is 14.0. The van der Waals surface area contributed by atoms with Crippen LogP contribution in [-0.4, -0.2) is 6.61 Å². The lowest BCUT2D eigenvalue weighted by Gasteiger charge is -2.10. The van der Waals surface area contributed by atoms with Gasteiger partial charge in [0.1, 0.15) is 5.82 Å². The molecule has 0 saturated carbocycles. The predicted molar refractivity (Wildman–Crippen MR) is 107 cm³/mol. The van der Waals surface area contributed by atoms with Crippen molar-refractivity contribution in [3.05, 3.63) is 77.9 Å². The van der Waals surface area contributed by atoms with Crippen molar-refractivity contribution in [2.24, 2.45) is 0 Å². The molecule has 0 N–H and O–H groups in total. The number of rotatable bonds is 8. The third-order valence-electron chi connectivity index (χ3n) is 4.78. The summed E-state index contributed by atoms with van der Waals surface area (Å²) >= 11 is 0. The molecule has 0 spiro atoms. The summed E-state index contributed by atoms with van der Waals surface area (Å²) in [6.45, 7) is -0.953. The zero-order valence-electron chi connectivity index (χ0n) is 16.1. The largest absolute Gasteiger partial charge is 0.432 e. The van der Waals surface area contributed by atoms with E-state index in [-0.39, 0.29) is 11.1 Å². The van der Waals surface area contributed by atoms with Crippen molar-refractivity contribution in [2.45, 2.75) is 39.2 Å². The van der Waals surface area contributed by atoms with Gasteiger partial charge in [-0.3, -0.25) is 0 Å². The molecule has 0 heterocycles. The molecule has 29 heavy (non-hydrogen) atoms. The lowest BCUT2D eigenvalue weighted by atomic mass is 9.98. The molecule has 1 nitrogen and oxygen atoms in total. The van der Waals surface area contributed by atoms with E-state index in [0.29, 0.717) is 5.56 Å². The van der Waals surface area contributed by atoms with Gasteiger partial charge >= 0.3 is 6.61 Å². The highest BCUT2D eigenvalue weighted by Crippen LogP contribution is 2.31. The summed E-state index contributed by atoms with van der Waals surface area (Å²) in [4.78, 5) is 0. The van der Waals surface area contributed by atoms with E-state index in [2.05, 4.69) is 11.7 Å². The van der Waals surface area contributed by atoms with E-state index in [9.17, 15) is 17.6 Å². The highest BCUT2D eigenvalue weighted by Gasteiger charge is 2.13. The number of aryl methyl sites for hydroxylation is 1. The minimum atomic E-state index is -3.12. The average molecular weight is 402 g/mol. The Kier molecular flexibility index (Phi) is 6.91. The topological polar surface area (TPSA) is 9.23 Å². The molecule has 0 radical (unpaired) electrons. The summed E-state index contributed by atoms with van der Waals surface area (Å²) < 4.78 is 57.2. The van der Waals surface area contributed by atoms with Crippen LogP contribution in [0.2, 0.25) is 0 Å². The van der Waals surface area contributed by atoms with Crippen LogP contribution in [-0.2, 0) is 6.42 Å². The molecule has 0 amide bonds. The number of ether oxygens (including phenoxy) is 1. The second-order valence-corrected chi connectivity index (χ2v) is 6.87. The smallest absolute Gasteiger partial charge is 0.387 e. The zero-order valence-corrected chi connectivity index (χ0v) is 16.1. The van der Waals surface area contributed by atoms with E-state index in [0.717, 1.165) is 30.5 Å². The molecule has 0 fully saturated rings. The maximum atomic E-state index is 14.7. The highest BCUT2D eigenvalue weighted by molar-refractivity contribution is 5.71. The maximum absolute atomic E-state index is 14.7. The van der Waals surface area contributed by atoms with E-state index in [1.807, 2.05) is 24.3 Å². The average Bonchev–Trinajstić information content (AvgIpc) is 2.70. The van der Waals surface area contributed by atoms with Crippen molar-refractivity contribution in [2.75, 3.05) is 0 Å². The Hall–Kier alpha value is -2.82. The van der Waals surface area contributed by atoms with Crippen molar-refractivity contribution >= 4 is 0 Å². The summed E-state index contributed by atoms with van der Waals surface area (Å²) in [6, 6.07) is 16.1. The van der Waals surface area contributed by atoms with Gasteiger partial charge in [-0.15, -0.1) is 0 Å². The van der Waals surface area contributed by atoms with Crippen LogP contribution in [0.3, 0.4) is 0 Å². The van der Waals surface area contributed by atoms with Gasteiger partial charge in [0.05, 0.1) is 0 Å². The number of benzene rings is 3.